The van der Waals surface area contributed by atoms with Gasteiger partial charge in [0, 0.05) is 38.1 Å². The summed E-state index contributed by atoms with van der Waals surface area (Å²) in [5.41, 5.74) is 3.13. The van der Waals surface area contributed by atoms with Crippen molar-refractivity contribution >= 4 is 35.6 Å². The second-order valence-corrected chi connectivity index (χ2v) is 6.56. The Balaban J connectivity index is 0.00000261. The van der Waals surface area contributed by atoms with Gasteiger partial charge < -0.3 is 19.8 Å². The summed E-state index contributed by atoms with van der Waals surface area (Å²) in [5, 5.41) is 6.73. The molecule has 1 fully saturated rings. The number of pyridine rings is 1. The zero-order valence-corrected chi connectivity index (χ0v) is 18.6. The molecule has 0 aliphatic carbocycles. The van der Waals surface area contributed by atoms with Crippen LogP contribution >= 0.6 is 24.0 Å². The monoisotopic (exact) mass is 486 g/mol. The van der Waals surface area contributed by atoms with Crippen molar-refractivity contribution in [2.45, 2.75) is 26.8 Å². The van der Waals surface area contributed by atoms with Gasteiger partial charge in [-0.3, -0.25) is 4.90 Å². The molecular formula is C19H31IN6O. The van der Waals surface area contributed by atoms with E-state index >= 15 is 0 Å². The summed E-state index contributed by atoms with van der Waals surface area (Å²) in [5.74, 6) is 0.850. The van der Waals surface area contributed by atoms with Crippen molar-refractivity contribution in [2.75, 3.05) is 45.9 Å². The topological polar surface area (TPSA) is 66.2 Å². The lowest BCUT2D eigenvalue weighted by molar-refractivity contribution is 0.0376. The van der Waals surface area contributed by atoms with Gasteiger partial charge in [-0.05, 0) is 38.9 Å². The third kappa shape index (κ3) is 6.62. The zero-order chi connectivity index (χ0) is 18.2. The van der Waals surface area contributed by atoms with E-state index in [-0.39, 0.29) is 24.0 Å². The highest BCUT2D eigenvalue weighted by molar-refractivity contribution is 14.0. The largest absolute Gasteiger partial charge is 0.379 e. The van der Waals surface area contributed by atoms with Gasteiger partial charge in [0.15, 0.2) is 5.96 Å². The lowest BCUT2D eigenvalue weighted by atomic mass is 10.3. The third-order valence-corrected chi connectivity index (χ3v) is 4.54. The van der Waals surface area contributed by atoms with Crippen molar-refractivity contribution in [3.63, 3.8) is 0 Å². The first-order valence-electron chi connectivity index (χ1n) is 9.52. The van der Waals surface area contributed by atoms with Crippen molar-refractivity contribution in [3.8, 4) is 0 Å². The molecule has 0 atom stereocenters. The molecule has 0 bridgehead atoms. The van der Waals surface area contributed by atoms with Crippen LogP contribution in [0.1, 0.15) is 24.7 Å². The molecule has 1 aliphatic rings. The van der Waals surface area contributed by atoms with E-state index in [0.29, 0.717) is 6.54 Å². The molecule has 0 radical (unpaired) electrons. The minimum Gasteiger partial charge on any atom is -0.379 e. The van der Waals surface area contributed by atoms with Crippen LogP contribution in [0.5, 0.6) is 0 Å². The Bertz CT molecular complexity index is 726. The maximum Gasteiger partial charge on any atom is 0.191 e. The SMILES string of the molecule is CCNC(=NCc1cn2c(C)cccc2n1)NCCCN1CCOCC1.I. The van der Waals surface area contributed by atoms with Gasteiger partial charge in [0.05, 0.1) is 25.5 Å². The predicted molar refractivity (Wildman–Crippen MR) is 120 cm³/mol. The van der Waals surface area contributed by atoms with Crippen LogP contribution in [0, 0.1) is 6.92 Å². The van der Waals surface area contributed by atoms with Crippen molar-refractivity contribution in [3.05, 3.63) is 35.8 Å². The summed E-state index contributed by atoms with van der Waals surface area (Å²) in [6, 6.07) is 6.14. The Hall–Kier alpha value is -1.39. The zero-order valence-electron chi connectivity index (χ0n) is 16.3. The van der Waals surface area contributed by atoms with Gasteiger partial charge in [-0.2, -0.15) is 0 Å². The molecule has 150 valence electrons. The van der Waals surface area contributed by atoms with Gasteiger partial charge in [-0.15, -0.1) is 24.0 Å². The molecule has 0 aromatic carbocycles. The summed E-state index contributed by atoms with van der Waals surface area (Å²) in [6.45, 7) is 11.4. The second-order valence-electron chi connectivity index (χ2n) is 6.56. The average molecular weight is 486 g/mol. The first-order chi connectivity index (χ1) is 12.8. The molecule has 1 aliphatic heterocycles. The highest BCUT2D eigenvalue weighted by Crippen LogP contribution is 2.09. The fourth-order valence-electron chi connectivity index (χ4n) is 3.11. The number of hydrogen-bond acceptors (Lipinski definition) is 4. The molecule has 1 saturated heterocycles. The van der Waals surface area contributed by atoms with Gasteiger partial charge in [0.25, 0.3) is 0 Å². The smallest absolute Gasteiger partial charge is 0.191 e. The molecule has 3 rings (SSSR count). The Morgan fingerprint density at radius 2 is 2.07 bits per heavy atom. The van der Waals surface area contributed by atoms with E-state index in [1.807, 2.05) is 12.1 Å². The number of nitrogens with zero attached hydrogens (tertiary/aromatic N) is 4. The van der Waals surface area contributed by atoms with Crippen molar-refractivity contribution in [1.29, 1.82) is 0 Å². The molecular weight excluding hydrogens is 455 g/mol. The molecule has 0 saturated carbocycles. The molecule has 2 aromatic rings. The van der Waals surface area contributed by atoms with E-state index in [2.05, 4.69) is 56.0 Å². The molecule has 0 amide bonds. The van der Waals surface area contributed by atoms with Gasteiger partial charge >= 0.3 is 0 Å². The predicted octanol–water partition coefficient (Wildman–Crippen LogP) is 2.04. The van der Waals surface area contributed by atoms with Crippen LogP contribution in [0.25, 0.3) is 5.65 Å². The van der Waals surface area contributed by atoms with Crippen LogP contribution < -0.4 is 10.6 Å². The number of aryl methyl sites for hydroxylation is 1. The van der Waals surface area contributed by atoms with Crippen LogP contribution in [0.15, 0.2) is 29.4 Å². The van der Waals surface area contributed by atoms with E-state index in [9.17, 15) is 0 Å². The Morgan fingerprint density at radius 3 is 2.81 bits per heavy atom. The molecule has 2 aromatic heterocycles. The van der Waals surface area contributed by atoms with Gasteiger partial charge in [-0.1, -0.05) is 6.07 Å². The molecule has 27 heavy (non-hydrogen) atoms. The fourth-order valence-corrected chi connectivity index (χ4v) is 3.11. The van der Waals surface area contributed by atoms with E-state index in [4.69, 9.17) is 4.74 Å². The number of hydrogen-bond donors (Lipinski definition) is 2. The highest BCUT2D eigenvalue weighted by Gasteiger charge is 2.09. The van der Waals surface area contributed by atoms with Crippen LogP contribution in [-0.4, -0.2) is 66.2 Å². The normalized spacial score (nSPS) is 15.6. The number of aliphatic imine (C=N–C) groups is 1. The number of guanidine groups is 1. The number of halogens is 1. The molecule has 7 nitrogen and oxygen atoms in total. The maximum atomic E-state index is 5.39. The minimum absolute atomic E-state index is 0. The number of nitrogens with one attached hydrogen (secondary N) is 2. The van der Waals surface area contributed by atoms with E-state index in [0.717, 1.165) is 69.7 Å². The highest BCUT2D eigenvalue weighted by atomic mass is 127. The lowest BCUT2D eigenvalue weighted by Gasteiger charge is -2.26. The van der Waals surface area contributed by atoms with E-state index < -0.39 is 0 Å². The molecule has 8 heteroatoms. The maximum absolute atomic E-state index is 5.39. The van der Waals surface area contributed by atoms with Gasteiger partial charge in [0.2, 0.25) is 0 Å². The van der Waals surface area contributed by atoms with Crippen LogP contribution in [0.2, 0.25) is 0 Å². The first-order valence-corrected chi connectivity index (χ1v) is 9.52. The standard InChI is InChI=1S/C19H30N6O.HI/c1-3-20-19(21-8-5-9-24-10-12-26-13-11-24)22-14-17-15-25-16(2)6-4-7-18(25)23-17;/h4,6-7,15H,3,5,8-14H2,1-2H3,(H2,20,21,22);1H. The molecule has 2 N–H and O–H groups in total. The quantitative estimate of drug-likeness (QED) is 0.272. The van der Waals surface area contributed by atoms with E-state index in [1.54, 1.807) is 0 Å². The number of fused-ring (bicyclic) bond motifs is 1. The Morgan fingerprint density at radius 1 is 1.26 bits per heavy atom. The third-order valence-electron chi connectivity index (χ3n) is 4.54. The number of ether oxygens (including phenoxy) is 1. The van der Waals surface area contributed by atoms with Crippen LogP contribution in [-0.2, 0) is 11.3 Å². The summed E-state index contributed by atoms with van der Waals surface area (Å²) in [7, 11) is 0. The van der Waals surface area contributed by atoms with Crippen LogP contribution in [0.3, 0.4) is 0 Å². The summed E-state index contributed by atoms with van der Waals surface area (Å²) < 4.78 is 7.49. The van der Waals surface area contributed by atoms with E-state index in [1.165, 1.54) is 5.69 Å². The summed E-state index contributed by atoms with van der Waals surface area (Å²) in [6.07, 6.45) is 3.16. The summed E-state index contributed by atoms with van der Waals surface area (Å²) in [4.78, 5) is 11.8. The van der Waals surface area contributed by atoms with Gasteiger partial charge in [0.1, 0.15) is 5.65 Å². The van der Waals surface area contributed by atoms with Gasteiger partial charge in [-0.25, -0.2) is 9.98 Å². The van der Waals surface area contributed by atoms with Crippen molar-refractivity contribution in [2.24, 2.45) is 4.99 Å². The van der Waals surface area contributed by atoms with Crippen molar-refractivity contribution in [1.82, 2.24) is 24.9 Å². The first kappa shape index (κ1) is 21.9. The lowest BCUT2D eigenvalue weighted by Crippen LogP contribution is -2.40. The van der Waals surface area contributed by atoms with Crippen molar-refractivity contribution < 1.29 is 4.74 Å². The minimum atomic E-state index is 0. The number of imidazole rings is 1. The number of rotatable bonds is 7. The Kier molecular flexibility index (Phi) is 9.29. The summed E-state index contributed by atoms with van der Waals surface area (Å²) >= 11 is 0. The second kappa shape index (κ2) is 11.5. The number of morpholine rings is 1. The molecule has 0 spiro atoms. The average Bonchev–Trinajstić information content (AvgIpc) is 3.08. The molecule has 3 heterocycles. The fraction of sp³-hybridized carbons (Fsp3) is 0.579. The Labute approximate surface area is 178 Å². The molecule has 0 unspecified atom stereocenters. The van der Waals surface area contributed by atoms with Crippen LogP contribution in [0.4, 0.5) is 0 Å². The number of aromatic nitrogens is 2.